The van der Waals surface area contributed by atoms with Crippen molar-refractivity contribution in [1.82, 2.24) is 15.1 Å². The second-order valence-corrected chi connectivity index (χ2v) is 5.85. The van der Waals surface area contributed by atoms with Gasteiger partial charge in [0.25, 0.3) is 0 Å². The summed E-state index contributed by atoms with van der Waals surface area (Å²) in [5, 5.41) is 8.88. The Morgan fingerprint density at radius 3 is 2.95 bits per heavy atom. The van der Waals surface area contributed by atoms with Crippen LogP contribution >= 0.6 is 11.6 Å². The smallest absolute Gasteiger partial charge is 0.0663 e. The van der Waals surface area contributed by atoms with E-state index in [1.54, 1.807) is 0 Å². The number of hydrogen-bond acceptors (Lipinski definition) is 2. The van der Waals surface area contributed by atoms with Crippen LogP contribution in [-0.2, 0) is 13.0 Å². The molecule has 0 atom stereocenters. The second kappa shape index (κ2) is 5.98. The predicted octanol–water partition coefficient (Wildman–Crippen LogP) is 3.73. The van der Waals surface area contributed by atoms with Gasteiger partial charge in [0.15, 0.2) is 0 Å². The first-order chi connectivity index (χ1) is 9.78. The lowest BCUT2D eigenvalue weighted by Gasteiger charge is -2.10. The van der Waals surface area contributed by atoms with E-state index < -0.39 is 0 Å². The highest BCUT2D eigenvalue weighted by molar-refractivity contribution is 6.30. The maximum absolute atomic E-state index is 6.09. The number of benzene rings is 1. The van der Waals surface area contributed by atoms with Gasteiger partial charge in [0.05, 0.1) is 11.9 Å². The number of rotatable bonds is 6. The van der Waals surface area contributed by atoms with E-state index in [9.17, 15) is 0 Å². The summed E-state index contributed by atoms with van der Waals surface area (Å²) in [7, 11) is 0. The summed E-state index contributed by atoms with van der Waals surface area (Å²) in [5.41, 5.74) is 3.64. The van der Waals surface area contributed by atoms with E-state index in [4.69, 9.17) is 11.6 Å². The largest absolute Gasteiger partial charge is 0.310 e. The van der Waals surface area contributed by atoms with E-state index in [2.05, 4.69) is 23.4 Å². The molecule has 0 bridgehead atoms. The molecule has 0 amide bonds. The number of halogens is 1. The molecule has 1 N–H and O–H groups in total. The van der Waals surface area contributed by atoms with E-state index in [1.807, 2.05) is 29.1 Å². The third kappa shape index (κ3) is 3.05. The van der Waals surface area contributed by atoms with Crippen LogP contribution in [0.4, 0.5) is 0 Å². The average Bonchev–Trinajstić information content (AvgIpc) is 3.19. The van der Waals surface area contributed by atoms with Gasteiger partial charge in [-0.15, -0.1) is 0 Å². The molecule has 0 unspecified atom stereocenters. The van der Waals surface area contributed by atoms with Crippen molar-refractivity contribution >= 4 is 11.6 Å². The minimum atomic E-state index is 0.721. The molecule has 20 heavy (non-hydrogen) atoms. The first-order valence-electron chi connectivity index (χ1n) is 7.33. The standard InChI is InChI=1S/C16H20ClN3/c1-2-4-16-12(10-18-14-7-8-14)11-19-20(16)15-6-3-5-13(17)9-15/h3,5-6,9,11,14,18H,2,4,7-8,10H2,1H3. The minimum absolute atomic E-state index is 0.721. The van der Waals surface area contributed by atoms with Crippen molar-refractivity contribution in [2.45, 2.75) is 45.2 Å². The van der Waals surface area contributed by atoms with Gasteiger partial charge in [-0.25, -0.2) is 4.68 Å². The number of nitrogens with one attached hydrogen (secondary N) is 1. The molecule has 1 aliphatic rings. The van der Waals surface area contributed by atoms with Gasteiger partial charge in [-0.3, -0.25) is 0 Å². The fourth-order valence-corrected chi connectivity index (χ4v) is 2.62. The highest BCUT2D eigenvalue weighted by Crippen LogP contribution is 2.22. The van der Waals surface area contributed by atoms with Crippen LogP contribution in [-0.4, -0.2) is 15.8 Å². The Hall–Kier alpha value is -1.32. The molecule has 1 fully saturated rings. The molecule has 1 aromatic heterocycles. The summed E-state index contributed by atoms with van der Waals surface area (Å²) in [4.78, 5) is 0. The van der Waals surface area contributed by atoms with Crippen LogP contribution in [0.2, 0.25) is 5.02 Å². The molecule has 4 heteroatoms. The molecule has 2 aromatic rings. The molecule has 0 aliphatic heterocycles. The van der Waals surface area contributed by atoms with E-state index in [0.29, 0.717) is 0 Å². The molecule has 1 heterocycles. The SMILES string of the molecule is CCCc1c(CNC2CC2)cnn1-c1cccc(Cl)c1. The zero-order valence-electron chi connectivity index (χ0n) is 11.8. The maximum Gasteiger partial charge on any atom is 0.0663 e. The average molecular weight is 290 g/mol. The van der Waals surface area contributed by atoms with Crippen molar-refractivity contribution in [2.75, 3.05) is 0 Å². The van der Waals surface area contributed by atoms with Crippen LogP contribution in [0, 0.1) is 0 Å². The third-order valence-corrected chi connectivity index (χ3v) is 3.89. The molecule has 3 rings (SSSR count). The lowest BCUT2D eigenvalue weighted by atomic mass is 10.1. The summed E-state index contributed by atoms with van der Waals surface area (Å²) in [6.45, 7) is 3.12. The summed E-state index contributed by atoms with van der Waals surface area (Å²) in [6.07, 6.45) is 6.76. The fraction of sp³-hybridized carbons (Fsp3) is 0.438. The van der Waals surface area contributed by atoms with E-state index >= 15 is 0 Å². The van der Waals surface area contributed by atoms with Gasteiger partial charge < -0.3 is 5.32 Å². The van der Waals surface area contributed by atoms with E-state index in [0.717, 1.165) is 36.1 Å². The Morgan fingerprint density at radius 2 is 2.25 bits per heavy atom. The monoisotopic (exact) mass is 289 g/mol. The van der Waals surface area contributed by atoms with Gasteiger partial charge in [0, 0.05) is 28.9 Å². The molecule has 0 radical (unpaired) electrons. The molecule has 0 spiro atoms. The van der Waals surface area contributed by atoms with Gasteiger partial charge in [0.1, 0.15) is 0 Å². The van der Waals surface area contributed by atoms with Gasteiger partial charge in [-0.2, -0.15) is 5.10 Å². The Bertz CT molecular complexity index is 587. The highest BCUT2D eigenvalue weighted by Gasteiger charge is 2.21. The van der Waals surface area contributed by atoms with Gasteiger partial charge in [-0.05, 0) is 37.5 Å². The molecule has 1 aromatic carbocycles. The van der Waals surface area contributed by atoms with Crippen LogP contribution < -0.4 is 5.32 Å². The molecule has 3 nitrogen and oxygen atoms in total. The molecule has 1 saturated carbocycles. The lowest BCUT2D eigenvalue weighted by Crippen LogP contribution is -2.16. The van der Waals surface area contributed by atoms with E-state index in [1.165, 1.54) is 24.1 Å². The third-order valence-electron chi connectivity index (χ3n) is 3.65. The highest BCUT2D eigenvalue weighted by atomic mass is 35.5. The second-order valence-electron chi connectivity index (χ2n) is 5.41. The number of hydrogen-bond donors (Lipinski definition) is 1. The van der Waals surface area contributed by atoms with Crippen LogP contribution in [0.1, 0.15) is 37.4 Å². The molecule has 106 valence electrons. The van der Waals surface area contributed by atoms with Gasteiger partial charge in [0.2, 0.25) is 0 Å². The Balaban J connectivity index is 1.88. The number of nitrogens with zero attached hydrogens (tertiary/aromatic N) is 2. The summed E-state index contributed by atoms with van der Waals surface area (Å²) in [6, 6.07) is 8.60. The van der Waals surface area contributed by atoms with Crippen LogP contribution in [0.5, 0.6) is 0 Å². The Kier molecular flexibility index (Phi) is 4.08. The molecule has 1 aliphatic carbocycles. The van der Waals surface area contributed by atoms with Crippen molar-refractivity contribution in [3.63, 3.8) is 0 Å². The summed E-state index contributed by atoms with van der Waals surface area (Å²) < 4.78 is 2.03. The van der Waals surface area contributed by atoms with Crippen molar-refractivity contribution < 1.29 is 0 Å². The lowest BCUT2D eigenvalue weighted by molar-refractivity contribution is 0.676. The number of aromatic nitrogens is 2. The minimum Gasteiger partial charge on any atom is -0.310 e. The topological polar surface area (TPSA) is 29.9 Å². The fourth-order valence-electron chi connectivity index (χ4n) is 2.43. The van der Waals surface area contributed by atoms with Crippen LogP contribution in [0.25, 0.3) is 5.69 Å². The summed E-state index contributed by atoms with van der Waals surface area (Å²) in [5.74, 6) is 0. The normalized spacial score (nSPS) is 14.7. The predicted molar refractivity (Wildman–Crippen MR) is 82.4 cm³/mol. The van der Waals surface area contributed by atoms with Crippen LogP contribution in [0.15, 0.2) is 30.5 Å². The summed E-state index contributed by atoms with van der Waals surface area (Å²) >= 11 is 6.09. The van der Waals surface area contributed by atoms with E-state index in [-0.39, 0.29) is 0 Å². The first-order valence-corrected chi connectivity index (χ1v) is 7.71. The van der Waals surface area contributed by atoms with Crippen molar-refractivity contribution in [1.29, 1.82) is 0 Å². The molecular weight excluding hydrogens is 270 g/mol. The van der Waals surface area contributed by atoms with Gasteiger partial charge >= 0.3 is 0 Å². The maximum atomic E-state index is 6.09. The van der Waals surface area contributed by atoms with Gasteiger partial charge in [-0.1, -0.05) is 31.0 Å². The van der Waals surface area contributed by atoms with Crippen molar-refractivity contribution in [2.24, 2.45) is 0 Å². The molecule has 0 saturated heterocycles. The van der Waals surface area contributed by atoms with Crippen molar-refractivity contribution in [3.05, 3.63) is 46.7 Å². The Labute approximate surface area is 124 Å². The Morgan fingerprint density at radius 1 is 1.40 bits per heavy atom. The zero-order valence-corrected chi connectivity index (χ0v) is 12.5. The molecular formula is C16H20ClN3. The van der Waals surface area contributed by atoms with Crippen LogP contribution in [0.3, 0.4) is 0 Å². The zero-order chi connectivity index (χ0) is 13.9. The first kappa shape index (κ1) is 13.7. The van der Waals surface area contributed by atoms with Crippen molar-refractivity contribution in [3.8, 4) is 5.69 Å². The quantitative estimate of drug-likeness (QED) is 0.878.